The SMILES string of the molecule is CN(c1ccc(Br)cc1)C(O)(C(=O)N(C=O)c1ccc(Br)cc1)c1cc2ccccc2o1. The number of carbonyl (C=O) groups excluding carboxylic acids is 2. The second-order valence-corrected chi connectivity index (χ2v) is 8.94. The number of anilines is 2. The molecule has 0 aliphatic rings. The molecule has 0 saturated carbocycles. The van der Waals surface area contributed by atoms with Gasteiger partial charge >= 0.3 is 0 Å². The van der Waals surface area contributed by atoms with Crippen LogP contribution in [0, 0.1) is 0 Å². The Morgan fingerprint density at radius 2 is 1.50 bits per heavy atom. The maximum absolute atomic E-state index is 13.8. The van der Waals surface area contributed by atoms with E-state index in [1.165, 1.54) is 4.90 Å². The number of carbonyl (C=O) groups is 2. The van der Waals surface area contributed by atoms with Crippen molar-refractivity contribution in [3.8, 4) is 0 Å². The molecule has 32 heavy (non-hydrogen) atoms. The highest BCUT2D eigenvalue weighted by atomic mass is 79.9. The van der Waals surface area contributed by atoms with Gasteiger partial charge in [0, 0.05) is 27.1 Å². The van der Waals surface area contributed by atoms with Crippen LogP contribution in [0.5, 0.6) is 0 Å². The van der Waals surface area contributed by atoms with Gasteiger partial charge in [0.25, 0.3) is 11.6 Å². The zero-order valence-corrected chi connectivity index (χ0v) is 20.1. The van der Waals surface area contributed by atoms with E-state index in [0.717, 1.165) is 19.2 Å². The molecule has 4 aromatic rings. The van der Waals surface area contributed by atoms with Crippen molar-refractivity contribution in [1.82, 2.24) is 0 Å². The number of para-hydroxylation sites is 1. The first kappa shape index (κ1) is 22.3. The highest BCUT2D eigenvalue weighted by molar-refractivity contribution is 9.10. The molecular weight excluding hydrogens is 540 g/mol. The molecule has 0 saturated heterocycles. The molecule has 0 radical (unpaired) electrons. The average Bonchev–Trinajstić information content (AvgIpc) is 3.25. The van der Waals surface area contributed by atoms with Crippen LogP contribution in [0.2, 0.25) is 0 Å². The van der Waals surface area contributed by atoms with Crippen molar-refractivity contribution in [2.45, 2.75) is 5.72 Å². The molecule has 8 heteroatoms. The quantitative estimate of drug-likeness (QED) is 0.253. The maximum Gasteiger partial charge on any atom is 0.295 e. The molecule has 0 aliphatic heterocycles. The lowest BCUT2D eigenvalue weighted by Crippen LogP contribution is -2.56. The molecule has 2 amide bonds. The lowest BCUT2D eigenvalue weighted by Gasteiger charge is -2.37. The predicted molar refractivity (Wildman–Crippen MR) is 130 cm³/mol. The number of amides is 2. The van der Waals surface area contributed by atoms with Gasteiger partial charge in [0.2, 0.25) is 6.41 Å². The van der Waals surface area contributed by atoms with E-state index in [4.69, 9.17) is 4.42 Å². The Kier molecular flexibility index (Phi) is 6.19. The summed E-state index contributed by atoms with van der Waals surface area (Å²) in [6.45, 7) is 0. The van der Waals surface area contributed by atoms with E-state index in [9.17, 15) is 14.7 Å². The summed E-state index contributed by atoms with van der Waals surface area (Å²) in [4.78, 5) is 28.0. The van der Waals surface area contributed by atoms with E-state index < -0.39 is 11.6 Å². The van der Waals surface area contributed by atoms with Gasteiger partial charge in [-0.1, -0.05) is 50.1 Å². The van der Waals surface area contributed by atoms with Gasteiger partial charge < -0.3 is 14.4 Å². The van der Waals surface area contributed by atoms with Crippen molar-refractivity contribution >= 4 is 66.5 Å². The van der Waals surface area contributed by atoms with Crippen LogP contribution in [0.25, 0.3) is 11.0 Å². The smallest absolute Gasteiger partial charge is 0.295 e. The molecule has 6 nitrogen and oxygen atoms in total. The number of fused-ring (bicyclic) bond motifs is 1. The fourth-order valence-electron chi connectivity index (χ4n) is 3.41. The molecule has 0 fully saturated rings. The van der Waals surface area contributed by atoms with Crippen molar-refractivity contribution in [1.29, 1.82) is 0 Å². The molecule has 1 aromatic heterocycles. The summed E-state index contributed by atoms with van der Waals surface area (Å²) < 4.78 is 7.53. The number of hydrogen-bond donors (Lipinski definition) is 1. The topological polar surface area (TPSA) is 74.0 Å². The Morgan fingerprint density at radius 3 is 2.06 bits per heavy atom. The summed E-state index contributed by atoms with van der Waals surface area (Å²) >= 11 is 6.73. The number of furan rings is 1. The number of rotatable bonds is 6. The van der Waals surface area contributed by atoms with Crippen molar-refractivity contribution in [2.24, 2.45) is 0 Å². The standard InChI is InChI=1S/C24H18Br2N2O4/c1-27(19-10-6-17(25)7-11-19)24(31,22-14-16-4-2-3-5-21(16)32-22)23(30)28(15-29)20-12-8-18(26)9-13-20/h2-15,31H,1H3. The highest BCUT2D eigenvalue weighted by Crippen LogP contribution is 2.36. The molecule has 1 atom stereocenters. The number of hydrogen-bond acceptors (Lipinski definition) is 5. The van der Waals surface area contributed by atoms with Crippen LogP contribution >= 0.6 is 31.9 Å². The Bertz CT molecular complexity index is 1240. The Labute approximate surface area is 201 Å². The largest absolute Gasteiger partial charge is 0.455 e. The minimum Gasteiger partial charge on any atom is -0.455 e. The normalized spacial score (nSPS) is 12.9. The van der Waals surface area contributed by atoms with Crippen LogP contribution in [-0.4, -0.2) is 24.5 Å². The Balaban J connectivity index is 1.87. The minimum absolute atomic E-state index is 0.00178. The van der Waals surface area contributed by atoms with Gasteiger partial charge in [0.05, 0.1) is 5.69 Å². The number of likely N-dealkylation sites (N-methyl/N-ethyl adjacent to an activating group) is 1. The van der Waals surface area contributed by atoms with Crippen LogP contribution in [0.3, 0.4) is 0 Å². The lowest BCUT2D eigenvalue weighted by molar-refractivity contribution is -0.140. The summed E-state index contributed by atoms with van der Waals surface area (Å²) in [5.74, 6) is -0.877. The predicted octanol–water partition coefficient (Wildman–Crippen LogP) is 5.43. The first-order valence-electron chi connectivity index (χ1n) is 9.60. The van der Waals surface area contributed by atoms with E-state index in [1.54, 1.807) is 73.8 Å². The zero-order chi connectivity index (χ0) is 22.9. The molecule has 3 aromatic carbocycles. The van der Waals surface area contributed by atoms with Gasteiger partial charge in [-0.2, -0.15) is 0 Å². The first-order valence-corrected chi connectivity index (χ1v) is 11.2. The van der Waals surface area contributed by atoms with Gasteiger partial charge in [-0.15, -0.1) is 0 Å². The van der Waals surface area contributed by atoms with Crippen LogP contribution in [0.15, 0.2) is 92.2 Å². The molecule has 1 heterocycles. The Morgan fingerprint density at radius 1 is 0.938 bits per heavy atom. The minimum atomic E-state index is -2.30. The summed E-state index contributed by atoms with van der Waals surface area (Å²) in [7, 11) is 1.57. The van der Waals surface area contributed by atoms with Gasteiger partial charge in [-0.05, 0) is 60.7 Å². The zero-order valence-electron chi connectivity index (χ0n) is 16.9. The van der Waals surface area contributed by atoms with E-state index in [2.05, 4.69) is 31.9 Å². The second-order valence-electron chi connectivity index (χ2n) is 7.11. The average molecular weight is 558 g/mol. The van der Waals surface area contributed by atoms with Gasteiger partial charge in [-0.25, -0.2) is 4.90 Å². The molecule has 1 N–H and O–H groups in total. The van der Waals surface area contributed by atoms with Gasteiger partial charge in [0.15, 0.2) is 5.76 Å². The highest BCUT2D eigenvalue weighted by Gasteiger charge is 2.49. The Hall–Kier alpha value is -2.94. The van der Waals surface area contributed by atoms with Crippen LogP contribution in [0.4, 0.5) is 11.4 Å². The van der Waals surface area contributed by atoms with Gasteiger partial charge in [0.1, 0.15) is 5.58 Å². The second kappa shape index (κ2) is 8.90. The fourth-order valence-corrected chi connectivity index (χ4v) is 3.94. The van der Waals surface area contributed by atoms with Crippen molar-refractivity contribution in [3.63, 3.8) is 0 Å². The third kappa shape index (κ3) is 3.97. The lowest BCUT2D eigenvalue weighted by atomic mass is 10.0. The van der Waals surface area contributed by atoms with Crippen LogP contribution in [0.1, 0.15) is 5.76 Å². The summed E-state index contributed by atoms with van der Waals surface area (Å²) in [6.07, 6.45) is 0.384. The third-order valence-corrected chi connectivity index (χ3v) is 6.25. The monoisotopic (exact) mass is 556 g/mol. The van der Waals surface area contributed by atoms with Crippen LogP contribution in [-0.2, 0) is 15.3 Å². The summed E-state index contributed by atoms with van der Waals surface area (Å²) in [5.41, 5.74) is -0.932. The van der Waals surface area contributed by atoms with E-state index in [1.807, 2.05) is 12.1 Å². The van der Waals surface area contributed by atoms with Crippen molar-refractivity contribution in [2.75, 3.05) is 16.8 Å². The molecule has 0 bridgehead atoms. The fraction of sp³-hybridized carbons (Fsp3) is 0.0833. The summed E-state index contributed by atoms with van der Waals surface area (Å²) in [5, 5.41) is 12.6. The number of aliphatic hydroxyl groups is 1. The van der Waals surface area contributed by atoms with Crippen molar-refractivity contribution in [3.05, 3.63) is 93.6 Å². The number of nitrogens with zero attached hydrogens (tertiary/aromatic N) is 2. The molecule has 0 aliphatic carbocycles. The first-order chi connectivity index (χ1) is 15.3. The van der Waals surface area contributed by atoms with E-state index in [0.29, 0.717) is 23.4 Å². The van der Waals surface area contributed by atoms with Crippen LogP contribution < -0.4 is 9.80 Å². The maximum atomic E-state index is 13.8. The molecule has 1 unspecified atom stereocenters. The van der Waals surface area contributed by atoms with Gasteiger partial charge in [-0.3, -0.25) is 9.59 Å². The number of benzene rings is 3. The molecule has 162 valence electrons. The van der Waals surface area contributed by atoms with E-state index >= 15 is 0 Å². The molecular formula is C24H18Br2N2O4. The summed E-state index contributed by atoms with van der Waals surface area (Å²) in [6, 6.07) is 22.5. The third-order valence-electron chi connectivity index (χ3n) is 5.20. The molecule has 0 spiro atoms. The van der Waals surface area contributed by atoms with Crippen molar-refractivity contribution < 1.29 is 19.1 Å². The van der Waals surface area contributed by atoms with E-state index in [-0.39, 0.29) is 5.76 Å². The number of imide groups is 1. The number of halogens is 2. The molecule has 4 rings (SSSR count).